The van der Waals surface area contributed by atoms with E-state index >= 15 is 0 Å². The summed E-state index contributed by atoms with van der Waals surface area (Å²) in [6, 6.07) is 10.8. The van der Waals surface area contributed by atoms with Gasteiger partial charge < -0.3 is 20.6 Å². The molecule has 162 valence electrons. The first kappa shape index (κ1) is 22.5. The number of carboxylic acids is 1. The fourth-order valence-corrected chi connectivity index (χ4v) is 3.07. The number of carbonyl (C=O) groups is 1. The van der Waals surface area contributed by atoms with E-state index in [1.54, 1.807) is 36.5 Å². The lowest BCUT2D eigenvalue weighted by molar-refractivity contribution is 0.0697. The molecule has 0 saturated carbocycles. The van der Waals surface area contributed by atoms with E-state index in [2.05, 4.69) is 25.5 Å². The Balaban J connectivity index is 1.87. The summed E-state index contributed by atoms with van der Waals surface area (Å²) in [5.41, 5.74) is 2.29. The van der Waals surface area contributed by atoms with Crippen molar-refractivity contribution in [3.63, 3.8) is 0 Å². The van der Waals surface area contributed by atoms with E-state index < -0.39 is 11.8 Å². The number of carboxylic acid groups (broad SMARTS) is 1. The molecule has 0 fully saturated rings. The Hall–Kier alpha value is -3.23. The third-order valence-corrected chi connectivity index (χ3v) is 4.77. The van der Waals surface area contributed by atoms with Crippen LogP contribution in [0.3, 0.4) is 0 Å². The fourth-order valence-electron chi connectivity index (χ4n) is 2.89. The van der Waals surface area contributed by atoms with Crippen LogP contribution < -0.4 is 10.6 Å². The number of halogens is 2. The molecule has 31 heavy (non-hydrogen) atoms. The maximum Gasteiger partial charge on any atom is 0.335 e. The smallest absolute Gasteiger partial charge is 0.335 e. The van der Waals surface area contributed by atoms with Crippen molar-refractivity contribution in [2.45, 2.75) is 6.42 Å². The summed E-state index contributed by atoms with van der Waals surface area (Å²) in [5, 5.41) is 15.5. The molecule has 0 unspecified atom stereocenters. The number of aromatic nitrogens is 2. The van der Waals surface area contributed by atoms with Crippen molar-refractivity contribution in [3.05, 3.63) is 65.1 Å². The Labute approximate surface area is 184 Å². The molecule has 3 N–H and O–H groups in total. The van der Waals surface area contributed by atoms with Gasteiger partial charge in [0.1, 0.15) is 11.6 Å². The van der Waals surface area contributed by atoms with Gasteiger partial charge in [0.2, 0.25) is 5.95 Å². The summed E-state index contributed by atoms with van der Waals surface area (Å²) in [7, 11) is 4.02. The van der Waals surface area contributed by atoms with E-state index in [1.165, 1.54) is 12.1 Å². The van der Waals surface area contributed by atoms with Crippen LogP contribution in [-0.2, 0) is 0 Å². The Kier molecular flexibility index (Phi) is 7.38. The van der Waals surface area contributed by atoms with Crippen LogP contribution in [0.2, 0.25) is 5.02 Å². The minimum absolute atomic E-state index is 0.00201. The second-order valence-electron chi connectivity index (χ2n) is 7.18. The van der Waals surface area contributed by atoms with Crippen LogP contribution in [-0.4, -0.2) is 53.1 Å². The van der Waals surface area contributed by atoms with Gasteiger partial charge in [0.25, 0.3) is 0 Å². The summed E-state index contributed by atoms with van der Waals surface area (Å²) in [5.74, 6) is -0.560. The van der Waals surface area contributed by atoms with Gasteiger partial charge in [-0.05, 0) is 63.0 Å². The van der Waals surface area contributed by atoms with Crippen LogP contribution in [0.15, 0.2) is 48.7 Å². The molecular formula is C22H23ClFN5O2. The lowest BCUT2D eigenvalue weighted by Gasteiger charge is -2.15. The van der Waals surface area contributed by atoms with Crippen molar-refractivity contribution in [1.82, 2.24) is 14.9 Å². The van der Waals surface area contributed by atoms with E-state index in [0.717, 1.165) is 24.1 Å². The van der Waals surface area contributed by atoms with Crippen LogP contribution in [0.25, 0.3) is 11.1 Å². The molecule has 1 heterocycles. The van der Waals surface area contributed by atoms with Gasteiger partial charge in [-0.2, -0.15) is 4.98 Å². The topological polar surface area (TPSA) is 90.4 Å². The van der Waals surface area contributed by atoms with Gasteiger partial charge in [0, 0.05) is 24.0 Å². The van der Waals surface area contributed by atoms with Gasteiger partial charge >= 0.3 is 5.97 Å². The molecule has 3 rings (SSSR count). The molecule has 0 aliphatic carbocycles. The molecule has 7 nitrogen and oxygen atoms in total. The number of nitrogens with zero attached hydrogens (tertiary/aromatic N) is 3. The minimum atomic E-state index is -0.984. The number of hydrogen-bond acceptors (Lipinski definition) is 6. The molecule has 0 atom stereocenters. The zero-order valence-electron chi connectivity index (χ0n) is 17.2. The Morgan fingerprint density at radius 3 is 2.58 bits per heavy atom. The monoisotopic (exact) mass is 443 g/mol. The van der Waals surface area contributed by atoms with Crippen LogP contribution in [0.4, 0.5) is 21.8 Å². The summed E-state index contributed by atoms with van der Waals surface area (Å²) in [6.07, 6.45) is 2.56. The Morgan fingerprint density at radius 2 is 1.94 bits per heavy atom. The molecule has 0 bridgehead atoms. The van der Waals surface area contributed by atoms with Gasteiger partial charge in [-0.25, -0.2) is 14.2 Å². The predicted molar refractivity (Wildman–Crippen MR) is 121 cm³/mol. The number of benzene rings is 2. The molecule has 0 saturated heterocycles. The summed E-state index contributed by atoms with van der Waals surface area (Å²) in [6.45, 7) is 1.61. The van der Waals surface area contributed by atoms with Crippen molar-refractivity contribution >= 4 is 35.0 Å². The van der Waals surface area contributed by atoms with Gasteiger partial charge in [-0.3, -0.25) is 0 Å². The van der Waals surface area contributed by atoms with Crippen LogP contribution in [0.1, 0.15) is 16.8 Å². The van der Waals surface area contributed by atoms with Gasteiger partial charge in [0.05, 0.1) is 10.6 Å². The number of rotatable bonds is 9. The predicted octanol–water partition coefficient (Wildman–Crippen LogP) is 4.74. The number of hydrogen-bond donors (Lipinski definition) is 3. The fraction of sp³-hybridized carbons (Fsp3) is 0.227. The average Bonchev–Trinajstić information content (AvgIpc) is 2.74. The summed E-state index contributed by atoms with van der Waals surface area (Å²) < 4.78 is 13.4. The highest BCUT2D eigenvalue weighted by Gasteiger charge is 2.12. The average molecular weight is 444 g/mol. The first-order valence-electron chi connectivity index (χ1n) is 9.65. The molecule has 1 aromatic heterocycles. The Morgan fingerprint density at radius 1 is 1.19 bits per heavy atom. The van der Waals surface area contributed by atoms with Crippen molar-refractivity contribution in [2.75, 3.05) is 37.8 Å². The standard InChI is InChI=1S/C22H23ClFN5O2/c1-29(2)11-3-10-25-20-17(14-4-6-15(7-5-14)21(30)31)13-26-22(28-20)27-16-8-9-19(24)18(23)12-16/h4-9,12-13H,3,10-11H2,1-2H3,(H,30,31)(H2,25,26,27,28). The van der Waals surface area contributed by atoms with Crippen LogP contribution in [0.5, 0.6) is 0 Å². The molecular weight excluding hydrogens is 421 g/mol. The summed E-state index contributed by atoms with van der Waals surface area (Å²) >= 11 is 5.85. The molecule has 0 radical (unpaired) electrons. The third kappa shape index (κ3) is 6.13. The van der Waals surface area contributed by atoms with E-state index in [1.807, 2.05) is 14.1 Å². The molecule has 0 aliphatic rings. The second-order valence-corrected chi connectivity index (χ2v) is 7.58. The SMILES string of the molecule is CN(C)CCCNc1nc(Nc2ccc(F)c(Cl)c2)ncc1-c1ccc(C(=O)O)cc1. The second kappa shape index (κ2) is 10.2. The van der Waals surface area contributed by atoms with Crippen molar-refractivity contribution in [1.29, 1.82) is 0 Å². The van der Waals surface area contributed by atoms with Crippen molar-refractivity contribution in [2.24, 2.45) is 0 Å². The van der Waals surface area contributed by atoms with Gasteiger partial charge in [-0.1, -0.05) is 23.7 Å². The zero-order chi connectivity index (χ0) is 22.4. The van der Waals surface area contributed by atoms with E-state index in [9.17, 15) is 9.18 Å². The van der Waals surface area contributed by atoms with Crippen molar-refractivity contribution in [3.8, 4) is 11.1 Å². The van der Waals surface area contributed by atoms with Gasteiger partial charge in [0.15, 0.2) is 0 Å². The van der Waals surface area contributed by atoms with Crippen LogP contribution >= 0.6 is 11.6 Å². The highest BCUT2D eigenvalue weighted by molar-refractivity contribution is 6.31. The van der Waals surface area contributed by atoms with Crippen LogP contribution in [0, 0.1) is 5.82 Å². The molecule has 2 aromatic carbocycles. The van der Waals surface area contributed by atoms with E-state index in [-0.39, 0.29) is 10.6 Å². The molecule has 0 amide bonds. The van der Waals surface area contributed by atoms with Gasteiger partial charge in [-0.15, -0.1) is 0 Å². The number of anilines is 3. The molecule has 9 heteroatoms. The molecule has 0 spiro atoms. The zero-order valence-corrected chi connectivity index (χ0v) is 17.9. The van der Waals surface area contributed by atoms with E-state index in [0.29, 0.717) is 24.0 Å². The quantitative estimate of drug-likeness (QED) is 0.411. The third-order valence-electron chi connectivity index (χ3n) is 4.48. The molecule has 0 aliphatic heterocycles. The maximum atomic E-state index is 13.4. The minimum Gasteiger partial charge on any atom is -0.478 e. The maximum absolute atomic E-state index is 13.4. The Bertz CT molecular complexity index is 1060. The lowest BCUT2D eigenvalue weighted by atomic mass is 10.1. The first-order valence-corrected chi connectivity index (χ1v) is 10.0. The first-order chi connectivity index (χ1) is 14.8. The number of nitrogens with one attached hydrogen (secondary N) is 2. The highest BCUT2D eigenvalue weighted by Crippen LogP contribution is 2.28. The lowest BCUT2D eigenvalue weighted by Crippen LogP contribution is -2.17. The van der Waals surface area contributed by atoms with E-state index in [4.69, 9.17) is 16.7 Å². The highest BCUT2D eigenvalue weighted by atomic mass is 35.5. The summed E-state index contributed by atoms with van der Waals surface area (Å²) in [4.78, 5) is 22.1. The largest absolute Gasteiger partial charge is 0.478 e. The number of aromatic carboxylic acids is 1. The normalized spacial score (nSPS) is 10.9. The van der Waals surface area contributed by atoms with Crippen molar-refractivity contribution < 1.29 is 14.3 Å². The molecule has 3 aromatic rings.